The summed E-state index contributed by atoms with van der Waals surface area (Å²) in [5, 5.41) is 0.563. The van der Waals surface area contributed by atoms with Gasteiger partial charge in [0.1, 0.15) is 0 Å². The summed E-state index contributed by atoms with van der Waals surface area (Å²) in [6.07, 6.45) is 6.04. The van der Waals surface area contributed by atoms with E-state index in [2.05, 4.69) is 48.5 Å². The predicted octanol–water partition coefficient (Wildman–Crippen LogP) is 4.55. The zero-order valence-corrected chi connectivity index (χ0v) is 12.6. The smallest absolute Gasteiger partial charge is 0.00257 e. The van der Waals surface area contributed by atoms with Crippen LogP contribution in [0, 0.1) is 0 Å². The van der Waals surface area contributed by atoms with E-state index in [9.17, 15) is 0 Å². The molecule has 1 fully saturated rings. The highest BCUT2D eigenvalue weighted by molar-refractivity contribution is 7.81. The fourth-order valence-electron chi connectivity index (χ4n) is 4.26. The molecule has 0 aliphatic heterocycles. The lowest BCUT2D eigenvalue weighted by Crippen LogP contribution is -2.26. The monoisotopic (exact) mass is 280 g/mol. The molecule has 0 radical (unpaired) electrons. The lowest BCUT2D eigenvalue weighted by molar-refractivity contribution is 0.439. The van der Waals surface area contributed by atoms with Crippen LogP contribution in [0.25, 0.3) is 0 Å². The van der Waals surface area contributed by atoms with Gasteiger partial charge in [-0.2, -0.15) is 12.6 Å². The third-order valence-electron chi connectivity index (χ3n) is 5.20. The largest absolute Gasteiger partial charge is 0.176 e. The van der Waals surface area contributed by atoms with Gasteiger partial charge in [0.2, 0.25) is 0 Å². The fraction of sp³-hybridized carbons (Fsp3) is 0.368. The minimum Gasteiger partial charge on any atom is -0.176 e. The minimum absolute atomic E-state index is 0.329. The van der Waals surface area contributed by atoms with Gasteiger partial charge < -0.3 is 0 Å². The standard InChI is InChI=1S/C19H20S/c20-17-9-10-19(13-17)12-16-7-2-1-5-14(16)11-15-6-3-4-8-18(15)19/h1-8,17,20H,9-13H2. The molecule has 0 bridgehead atoms. The Balaban J connectivity index is 1.91. The average Bonchev–Trinajstić information content (AvgIpc) is 2.77. The van der Waals surface area contributed by atoms with Crippen LogP contribution in [-0.2, 0) is 18.3 Å². The first-order chi connectivity index (χ1) is 9.77. The van der Waals surface area contributed by atoms with E-state index < -0.39 is 0 Å². The van der Waals surface area contributed by atoms with Crippen molar-refractivity contribution in [3.63, 3.8) is 0 Å². The molecule has 0 aromatic heterocycles. The van der Waals surface area contributed by atoms with Crippen LogP contribution in [0.2, 0.25) is 0 Å². The molecule has 1 heteroatoms. The summed E-state index contributed by atoms with van der Waals surface area (Å²) in [6, 6.07) is 18.1. The zero-order valence-electron chi connectivity index (χ0n) is 11.7. The molecule has 20 heavy (non-hydrogen) atoms. The van der Waals surface area contributed by atoms with E-state index in [1.807, 2.05) is 0 Å². The molecule has 2 aromatic carbocycles. The maximum absolute atomic E-state index is 4.77. The number of benzene rings is 2. The summed E-state index contributed by atoms with van der Waals surface area (Å²) in [5.74, 6) is 0. The average molecular weight is 280 g/mol. The van der Waals surface area contributed by atoms with Crippen LogP contribution in [0.3, 0.4) is 0 Å². The number of rotatable bonds is 0. The quantitative estimate of drug-likeness (QED) is 0.672. The van der Waals surface area contributed by atoms with Crippen LogP contribution >= 0.6 is 12.6 Å². The Morgan fingerprint density at radius 3 is 2.35 bits per heavy atom. The van der Waals surface area contributed by atoms with Gasteiger partial charge in [-0.25, -0.2) is 0 Å². The number of hydrogen-bond acceptors (Lipinski definition) is 1. The van der Waals surface area contributed by atoms with Crippen molar-refractivity contribution >= 4 is 12.6 Å². The zero-order chi connectivity index (χ0) is 13.6. The van der Waals surface area contributed by atoms with Crippen molar-refractivity contribution in [2.75, 3.05) is 0 Å². The summed E-state index contributed by atoms with van der Waals surface area (Å²) in [7, 11) is 0. The summed E-state index contributed by atoms with van der Waals surface area (Å²) < 4.78 is 0. The van der Waals surface area contributed by atoms with Gasteiger partial charge in [0.05, 0.1) is 0 Å². The van der Waals surface area contributed by atoms with E-state index >= 15 is 0 Å². The topological polar surface area (TPSA) is 0 Å². The van der Waals surface area contributed by atoms with Crippen LogP contribution in [0.15, 0.2) is 48.5 Å². The summed E-state index contributed by atoms with van der Waals surface area (Å²) >= 11 is 4.77. The molecule has 2 unspecified atom stereocenters. The third-order valence-corrected chi connectivity index (χ3v) is 5.64. The lowest BCUT2D eigenvalue weighted by Gasteiger charge is -2.30. The Labute approximate surface area is 126 Å². The first kappa shape index (κ1) is 12.5. The molecule has 102 valence electrons. The van der Waals surface area contributed by atoms with Gasteiger partial charge in [0.15, 0.2) is 0 Å². The van der Waals surface area contributed by atoms with Gasteiger partial charge in [0.25, 0.3) is 0 Å². The van der Waals surface area contributed by atoms with Crippen molar-refractivity contribution in [2.45, 2.75) is 42.8 Å². The second-order valence-electron chi connectivity index (χ2n) is 6.46. The third kappa shape index (κ3) is 1.91. The first-order valence-electron chi connectivity index (χ1n) is 7.60. The van der Waals surface area contributed by atoms with Crippen LogP contribution in [-0.4, -0.2) is 5.25 Å². The highest BCUT2D eigenvalue weighted by Gasteiger charge is 2.42. The van der Waals surface area contributed by atoms with E-state index in [1.165, 1.54) is 36.8 Å². The van der Waals surface area contributed by atoms with E-state index in [4.69, 9.17) is 12.6 Å². The Morgan fingerprint density at radius 2 is 1.60 bits per heavy atom. The van der Waals surface area contributed by atoms with Crippen LogP contribution in [0.1, 0.15) is 41.5 Å². The lowest BCUT2D eigenvalue weighted by atomic mass is 9.74. The molecule has 2 aliphatic rings. The van der Waals surface area contributed by atoms with E-state index in [0.717, 1.165) is 6.42 Å². The minimum atomic E-state index is 0.329. The van der Waals surface area contributed by atoms with Gasteiger partial charge in [-0.15, -0.1) is 0 Å². The number of thiol groups is 1. The molecular weight excluding hydrogens is 260 g/mol. The van der Waals surface area contributed by atoms with Crippen molar-refractivity contribution in [3.8, 4) is 0 Å². The highest BCUT2D eigenvalue weighted by Crippen LogP contribution is 2.48. The Bertz CT molecular complexity index is 646. The molecule has 2 aromatic rings. The van der Waals surface area contributed by atoms with Gasteiger partial charge in [0, 0.05) is 10.7 Å². The molecule has 0 heterocycles. The second-order valence-corrected chi connectivity index (χ2v) is 7.19. The summed E-state index contributed by atoms with van der Waals surface area (Å²) in [4.78, 5) is 0. The van der Waals surface area contributed by atoms with Gasteiger partial charge in [-0.05, 0) is 54.4 Å². The molecule has 1 spiro atoms. The molecule has 2 atom stereocenters. The fourth-order valence-corrected chi connectivity index (χ4v) is 4.74. The molecule has 0 N–H and O–H groups in total. The first-order valence-corrected chi connectivity index (χ1v) is 8.12. The molecule has 0 nitrogen and oxygen atoms in total. The van der Waals surface area contributed by atoms with Crippen molar-refractivity contribution in [3.05, 3.63) is 70.8 Å². The van der Waals surface area contributed by atoms with E-state index in [1.54, 1.807) is 11.1 Å². The molecule has 1 saturated carbocycles. The normalized spacial score (nSPS) is 27.9. The van der Waals surface area contributed by atoms with Crippen molar-refractivity contribution in [2.24, 2.45) is 0 Å². The predicted molar refractivity (Wildman–Crippen MR) is 87.7 cm³/mol. The van der Waals surface area contributed by atoms with E-state index in [-0.39, 0.29) is 0 Å². The molecular formula is C19H20S. The molecule has 0 saturated heterocycles. The van der Waals surface area contributed by atoms with E-state index in [0.29, 0.717) is 10.7 Å². The van der Waals surface area contributed by atoms with Gasteiger partial charge in [-0.3, -0.25) is 0 Å². The second kappa shape index (κ2) is 4.66. The molecule has 2 aliphatic carbocycles. The highest BCUT2D eigenvalue weighted by atomic mass is 32.1. The van der Waals surface area contributed by atoms with Crippen LogP contribution in [0.4, 0.5) is 0 Å². The number of hydrogen-bond donors (Lipinski definition) is 1. The van der Waals surface area contributed by atoms with Crippen molar-refractivity contribution in [1.82, 2.24) is 0 Å². The van der Waals surface area contributed by atoms with Crippen LogP contribution in [0.5, 0.6) is 0 Å². The van der Waals surface area contributed by atoms with Crippen molar-refractivity contribution in [1.29, 1.82) is 0 Å². The maximum atomic E-state index is 4.77. The summed E-state index contributed by atoms with van der Waals surface area (Å²) in [5.41, 5.74) is 6.51. The Hall–Kier alpha value is -1.21. The van der Waals surface area contributed by atoms with Gasteiger partial charge >= 0.3 is 0 Å². The van der Waals surface area contributed by atoms with Crippen LogP contribution < -0.4 is 0 Å². The SMILES string of the molecule is SC1CCC2(Cc3ccccc3Cc3ccccc32)C1. The maximum Gasteiger partial charge on any atom is 0.00257 e. The summed E-state index contributed by atoms with van der Waals surface area (Å²) in [6.45, 7) is 0. The van der Waals surface area contributed by atoms with Crippen molar-refractivity contribution < 1.29 is 0 Å². The Morgan fingerprint density at radius 1 is 0.900 bits per heavy atom. The van der Waals surface area contributed by atoms with Gasteiger partial charge in [-0.1, -0.05) is 48.5 Å². The Kier molecular flexibility index (Phi) is 2.92. The molecule has 0 amide bonds. The number of fused-ring (bicyclic) bond motifs is 3. The molecule has 4 rings (SSSR count).